The predicted molar refractivity (Wildman–Crippen MR) is 126 cm³/mol. The Morgan fingerprint density at radius 2 is 1.66 bits per heavy atom. The van der Waals surface area contributed by atoms with Gasteiger partial charge in [-0.2, -0.15) is 13.2 Å². The molecule has 0 aromatic heterocycles. The van der Waals surface area contributed by atoms with Gasteiger partial charge in [0, 0.05) is 18.1 Å². The van der Waals surface area contributed by atoms with Crippen molar-refractivity contribution >= 4 is 5.97 Å². The number of ether oxygens (including phenoxy) is 1. The number of aliphatic carboxylic acids is 1. The average Bonchev–Trinajstić information content (AvgIpc) is 3.27. The molecule has 0 radical (unpaired) electrons. The minimum Gasteiger partial charge on any atom is -0.475 e. The molecular formula is C27H33F4NO3. The maximum absolute atomic E-state index is 13.6. The number of benzene rings is 2. The van der Waals surface area contributed by atoms with Gasteiger partial charge < -0.3 is 15.2 Å². The normalized spacial score (nSPS) is 22.3. The molecule has 2 aliphatic rings. The van der Waals surface area contributed by atoms with E-state index in [0.717, 1.165) is 32.4 Å². The Morgan fingerprint density at radius 3 is 2.23 bits per heavy atom. The number of alkyl halides is 3. The summed E-state index contributed by atoms with van der Waals surface area (Å²) >= 11 is 0. The maximum Gasteiger partial charge on any atom is 0.490 e. The van der Waals surface area contributed by atoms with Crippen LogP contribution in [0, 0.1) is 5.82 Å². The molecule has 4 rings (SSSR count). The van der Waals surface area contributed by atoms with E-state index in [0.29, 0.717) is 6.04 Å². The van der Waals surface area contributed by atoms with Gasteiger partial charge in [-0.15, -0.1) is 0 Å². The molecule has 2 fully saturated rings. The highest BCUT2D eigenvalue weighted by molar-refractivity contribution is 5.73. The average molecular weight is 496 g/mol. The number of nitrogens with one attached hydrogen (secondary N) is 1. The first-order valence-corrected chi connectivity index (χ1v) is 12.0. The Kier molecular flexibility index (Phi) is 8.94. The standard InChI is InChI=1S/C25H32FNO.C2HF3O2/c1-20(21-7-3-2-4-8-21)27-17-15-24(22-9-11-23(26)12-10-22)16-18-28-25(19-24)13-5-6-14-25;3-2(4,5)1(6)7/h2-4,7-12,20,27H,5-6,13-19H2,1H3;(H,6,7)/t20-,24+;/m0./s1. The summed E-state index contributed by atoms with van der Waals surface area (Å²) in [6.45, 7) is 3.98. The van der Waals surface area contributed by atoms with E-state index in [1.54, 1.807) is 12.1 Å². The Balaban J connectivity index is 0.000000429. The van der Waals surface area contributed by atoms with Crippen LogP contribution >= 0.6 is 0 Å². The molecule has 1 saturated heterocycles. The summed E-state index contributed by atoms with van der Waals surface area (Å²) in [5.41, 5.74) is 2.70. The first kappa shape index (κ1) is 27.1. The van der Waals surface area contributed by atoms with E-state index in [-0.39, 0.29) is 16.8 Å². The van der Waals surface area contributed by atoms with Gasteiger partial charge >= 0.3 is 12.1 Å². The van der Waals surface area contributed by atoms with Gasteiger partial charge in [0.05, 0.1) is 5.60 Å². The fourth-order valence-corrected chi connectivity index (χ4v) is 5.35. The summed E-state index contributed by atoms with van der Waals surface area (Å²) in [6, 6.07) is 18.2. The fourth-order valence-electron chi connectivity index (χ4n) is 5.35. The van der Waals surface area contributed by atoms with Gasteiger partial charge in [0.25, 0.3) is 0 Å². The number of halogens is 4. The SMILES string of the molecule is C[C@H](NCC[C@@]1(c2ccc(F)cc2)CCOC2(CCCC2)C1)c1ccccc1.O=C(O)C(F)(F)F. The van der Waals surface area contributed by atoms with Gasteiger partial charge in [0.2, 0.25) is 0 Å². The van der Waals surface area contributed by atoms with Crippen molar-refractivity contribution in [3.8, 4) is 0 Å². The van der Waals surface area contributed by atoms with Crippen LogP contribution in [0.1, 0.15) is 69.0 Å². The second-order valence-electron chi connectivity index (χ2n) is 9.59. The molecule has 1 spiro atoms. The fraction of sp³-hybridized carbons (Fsp3) is 0.519. The molecule has 8 heteroatoms. The first-order chi connectivity index (χ1) is 16.6. The molecule has 2 N–H and O–H groups in total. The summed E-state index contributed by atoms with van der Waals surface area (Å²) in [5, 5.41) is 10.8. The molecule has 1 aliphatic carbocycles. The minimum atomic E-state index is -5.08. The number of carbonyl (C=O) groups is 1. The van der Waals surface area contributed by atoms with E-state index in [1.165, 1.54) is 36.8 Å². The van der Waals surface area contributed by atoms with Crippen molar-refractivity contribution in [1.29, 1.82) is 0 Å². The van der Waals surface area contributed by atoms with Crippen molar-refractivity contribution in [1.82, 2.24) is 5.32 Å². The smallest absolute Gasteiger partial charge is 0.475 e. The predicted octanol–water partition coefficient (Wildman–Crippen LogP) is 6.56. The molecule has 192 valence electrons. The molecule has 1 heterocycles. The van der Waals surface area contributed by atoms with Crippen molar-refractivity contribution in [3.63, 3.8) is 0 Å². The van der Waals surface area contributed by atoms with Crippen LogP contribution in [0.4, 0.5) is 17.6 Å². The van der Waals surface area contributed by atoms with Crippen molar-refractivity contribution in [2.24, 2.45) is 0 Å². The summed E-state index contributed by atoms with van der Waals surface area (Å²) in [7, 11) is 0. The molecule has 2 aromatic carbocycles. The van der Waals surface area contributed by atoms with Gasteiger partial charge in [-0.3, -0.25) is 0 Å². The monoisotopic (exact) mass is 495 g/mol. The van der Waals surface area contributed by atoms with Gasteiger partial charge in [-0.25, -0.2) is 9.18 Å². The van der Waals surface area contributed by atoms with Crippen LogP contribution in [0.5, 0.6) is 0 Å². The van der Waals surface area contributed by atoms with Crippen LogP contribution in [-0.4, -0.2) is 36.0 Å². The van der Waals surface area contributed by atoms with E-state index < -0.39 is 12.1 Å². The zero-order chi connectivity index (χ0) is 25.5. The molecule has 1 saturated carbocycles. The molecule has 0 amide bonds. The zero-order valence-electron chi connectivity index (χ0n) is 19.9. The van der Waals surface area contributed by atoms with Crippen LogP contribution in [0.3, 0.4) is 0 Å². The van der Waals surface area contributed by atoms with Crippen LogP contribution < -0.4 is 5.32 Å². The van der Waals surface area contributed by atoms with E-state index in [1.807, 2.05) is 12.1 Å². The number of hydrogen-bond acceptors (Lipinski definition) is 3. The van der Waals surface area contributed by atoms with Crippen LogP contribution in [0.2, 0.25) is 0 Å². The second-order valence-corrected chi connectivity index (χ2v) is 9.59. The van der Waals surface area contributed by atoms with E-state index in [2.05, 4.69) is 42.6 Å². The molecule has 2 aromatic rings. The largest absolute Gasteiger partial charge is 0.490 e. The zero-order valence-corrected chi connectivity index (χ0v) is 19.9. The minimum absolute atomic E-state index is 0.0394. The lowest BCUT2D eigenvalue weighted by Gasteiger charge is -2.47. The van der Waals surface area contributed by atoms with Crippen molar-refractivity contribution in [3.05, 3.63) is 71.5 Å². The molecular weight excluding hydrogens is 462 g/mol. The third-order valence-electron chi connectivity index (χ3n) is 7.22. The highest BCUT2D eigenvalue weighted by Gasteiger charge is 2.47. The molecule has 0 bridgehead atoms. The molecule has 0 unspecified atom stereocenters. The van der Waals surface area contributed by atoms with Gasteiger partial charge in [0.1, 0.15) is 5.82 Å². The Morgan fingerprint density at radius 1 is 1.06 bits per heavy atom. The van der Waals surface area contributed by atoms with E-state index in [4.69, 9.17) is 14.6 Å². The summed E-state index contributed by atoms with van der Waals surface area (Å²) < 4.78 is 51.6. The van der Waals surface area contributed by atoms with Gasteiger partial charge in [0.15, 0.2) is 0 Å². The highest BCUT2D eigenvalue weighted by Crippen LogP contribution is 2.50. The van der Waals surface area contributed by atoms with Crippen LogP contribution in [0.15, 0.2) is 54.6 Å². The van der Waals surface area contributed by atoms with Gasteiger partial charge in [-0.05, 0) is 68.8 Å². The highest BCUT2D eigenvalue weighted by atomic mass is 19.4. The molecule has 2 atom stereocenters. The summed E-state index contributed by atoms with van der Waals surface area (Å²) in [4.78, 5) is 8.90. The quantitative estimate of drug-likeness (QED) is 0.446. The lowest BCUT2D eigenvalue weighted by Crippen LogP contribution is -2.47. The van der Waals surface area contributed by atoms with Gasteiger partial charge in [-0.1, -0.05) is 55.3 Å². The lowest BCUT2D eigenvalue weighted by molar-refractivity contribution is -0.192. The lowest BCUT2D eigenvalue weighted by atomic mass is 9.66. The number of rotatable bonds is 6. The van der Waals surface area contributed by atoms with Crippen molar-refractivity contribution < 1.29 is 32.2 Å². The van der Waals surface area contributed by atoms with E-state index in [9.17, 15) is 17.6 Å². The van der Waals surface area contributed by atoms with Crippen LogP contribution in [0.25, 0.3) is 0 Å². The Bertz CT molecular complexity index is 943. The third-order valence-corrected chi connectivity index (χ3v) is 7.22. The molecule has 4 nitrogen and oxygen atoms in total. The number of carboxylic acids is 1. The molecule has 35 heavy (non-hydrogen) atoms. The topological polar surface area (TPSA) is 58.6 Å². The maximum atomic E-state index is 13.6. The number of hydrogen-bond donors (Lipinski definition) is 2. The second kappa shape index (κ2) is 11.5. The molecule has 1 aliphatic heterocycles. The number of carboxylic acid groups (broad SMARTS) is 1. The Labute approximate surface area is 203 Å². The van der Waals surface area contributed by atoms with E-state index >= 15 is 0 Å². The Hall–Kier alpha value is -2.45. The van der Waals surface area contributed by atoms with Crippen LogP contribution in [-0.2, 0) is 14.9 Å². The van der Waals surface area contributed by atoms with Crippen molar-refractivity contribution in [2.45, 2.75) is 75.1 Å². The summed E-state index contributed by atoms with van der Waals surface area (Å²) in [6.07, 6.45) is 2.93. The third kappa shape index (κ3) is 7.27. The first-order valence-electron chi connectivity index (χ1n) is 12.0. The van der Waals surface area contributed by atoms with Crippen molar-refractivity contribution in [2.75, 3.05) is 13.2 Å². The summed E-state index contributed by atoms with van der Waals surface area (Å²) in [5.74, 6) is -2.91.